The first-order chi connectivity index (χ1) is 8.46. The van der Waals surface area contributed by atoms with Crippen molar-refractivity contribution in [2.75, 3.05) is 7.11 Å². The SMILES string of the molecule is CO/C(O)=C(\[N+]#N)c1ccc2c(c1)OC(C)(C)O2. The van der Waals surface area contributed by atoms with Crippen LogP contribution in [0.15, 0.2) is 24.1 Å². The fourth-order valence-corrected chi connectivity index (χ4v) is 1.69. The minimum atomic E-state index is -0.732. The Balaban J connectivity index is 2.44. The molecule has 1 N–H and O–H groups in total. The molecule has 18 heavy (non-hydrogen) atoms. The maximum Gasteiger partial charge on any atom is 0.471 e. The summed E-state index contributed by atoms with van der Waals surface area (Å²) in [6.07, 6.45) is 0. The highest BCUT2D eigenvalue weighted by molar-refractivity contribution is 5.73. The van der Waals surface area contributed by atoms with Crippen LogP contribution >= 0.6 is 0 Å². The summed E-state index contributed by atoms with van der Waals surface area (Å²) >= 11 is 0. The van der Waals surface area contributed by atoms with Crippen LogP contribution in [0.2, 0.25) is 0 Å². The lowest BCUT2D eigenvalue weighted by Gasteiger charge is -2.16. The second-order valence-corrected chi connectivity index (χ2v) is 4.22. The number of methoxy groups -OCH3 is 1. The zero-order valence-electron chi connectivity index (χ0n) is 10.3. The normalized spacial score (nSPS) is 16.8. The van der Waals surface area contributed by atoms with E-state index in [1.54, 1.807) is 32.0 Å². The van der Waals surface area contributed by atoms with Gasteiger partial charge in [0.2, 0.25) is 11.2 Å². The first-order valence-electron chi connectivity index (χ1n) is 5.31. The standard InChI is InChI=1S/C12H12N2O4/c1-12(2)17-8-5-4-7(6-9(8)18-12)10(14-13)11(15)16-3/h4-6H,1-3H3/p+1/b11-10-. The molecular formula is C12H13N2O4+. The lowest BCUT2D eigenvalue weighted by Crippen LogP contribution is -2.29. The molecule has 0 radical (unpaired) electrons. The largest absolute Gasteiger partial charge is 0.475 e. The molecular weight excluding hydrogens is 236 g/mol. The molecule has 1 heterocycles. The Hall–Kier alpha value is -2.42. The second-order valence-electron chi connectivity index (χ2n) is 4.22. The van der Waals surface area contributed by atoms with Crippen LogP contribution in [0.1, 0.15) is 19.4 Å². The van der Waals surface area contributed by atoms with Crippen LogP contribution in [-0.2, 0) is 4.74 Å². The summed E-state index contributed by atoms with van der Waals surface area (Å²) in [6.45, 7) is 3.57. The molecule has 1 aromatic rings. The van der Waals surface area contributed by atoms with Crippen LogP contribution in [0.25, 0.3) is 10.7 Å². The minimum Gasteiger partial charge on any atom is -0.475 e. The van der Waals surface area contributed by atoms with E-state index in [1.165, 1.54) is 7.11 Å². The topological polar surface area (TPSA) is 76.1 Å². The average molecular weight is 249 g/mol. The van der Waals surface area contributed by atoms with Crippen LogP contribution < -0.4 is 9.47 Å². The maximum absolute atomic E-state index is 9.45. The van der Waals surface area contributed by atoms with Crippen molar-refractivity contribution in [3.8, 4) is 11.5 Å². The van der Waals surface area contributed by atoms with Gasteiger partial charge in [-0.3, -0.25) is 0 Å². The number of benzene rings is 1. The highest BCUT2D eigenvalue weighted by Crippen LogP contribution is 2.41. The van der Waals surface area contributed by atoms with Gasteiger partial charge in [0.05, 0.1) is 12.7 Å². The minimum absolute atomic E-state index is 0.0754. The molecule has 0 atom stereocenters. The van der Waals surface area contributed by atoms with Crippen molar-refractivity contribution >= 4 is 5.70 Å². The molecule has 0 saturated heterocycles. The lowest BCUT2D eigenvalue weighted by molar-refractivity contribution is -0.0431. The number of ether oxygens (including phenoxy) is 3. The first-order valence-corrected chi connectivity index (χ1v) is 5.31. The zero-order valence-corrected chi connectivity index (χ0v) is 10.3. The van der Waals surface area contributed by atoms with Crippen LogP contribution in [0.5, 0.6) is 11.5 Å². The molecule has 6 nitrogen and oxygen atoms in total. The van der Waals surface area contributed by atoms with E-state index >= 15 is 0 Å². The predicted octanol–water partition coefficient (Wildman–Crippen LogP) is 2.88. The molecule has 0 spiro atoms. The number of aliphatic hydroxyl groups excluding tert-OH is 1. The van der Waals surface area contributed by atoms with Gasteiger partial charge in [-0.25, -0.2) is 0 Å². The molecule has 0 aromatic heterocycles. The fraction of sp³-hybridized carbons (Fsp3) is 0.333. The van der Waals surface area contributed by atoms with Crippen molar-refractivity contribution < 1.29 is 19.3 Å². The Kier molecular flexibility index (Phi) is 2.75. The van der Waals surface area contributed by atoms with Gasteiger partial charge in [0.1, 0.15) is 0 Å². The molecule has 0 amide bonds. The fourth-order valence-electron chi connectivity index (χ4n) is 1.69. The van der Waals surface area contributed by atoms with Gasteiger partial charge < -0.3 is 19.3 Å². The van der Waals surface area contributed by atoms with Crippen molar-refractivity contribution in [3.63, 3.8) is 0 Å². The third kappa shape index (κ3) is 2.02. The van der Waals surface area contributed by atoms with Crippen molar-refractivity contribution in [2.24, 2.45) is 0 Å². The number of hydrogen-bond acceptors (Lipinski definition) is 5. The summed E-state index contributed by atoms with van der Waals surface area (Å²) in [6, 6.07) is 4.91. The van der Waals surface area contributed by atoms with E-state index in [-0.39, 0.29) is 5.70 Å². The van der Waals surface area contributed by atoms with E-state index in [2.05, 4.69) is 9.71 Å². The Morgan fingerprint density at radius 1 is 1.33 bits per heavy atom. The average Bonchev–Trinajstić information content (AvgIpc) is 2.62. The molecule has 2 rings (SSSR count). The number of hydrogen-bond donors (Lipinski definition) is 1. The van der Waals surface area contributed by atoms with Gasteiger partial charge in [-0.05, 0) is 18.2 Å². The van der Waals surface area contributed by atoms with Crippen molar-refractivity contribution in [2.45, 2.75) is 19.6 Å². The van der Waals surface area contributed by atoms with Gasteiger partial charge >= 0.3 is 11.6 Å². The van der Waals surface area contributed by atoms with Gasteiger partial charge in [0.25, 0.3) is 0 Å². The molecule has 0 unspecified atom stereocenters. The summed E-state index contributed by atoms with van der Waals surface area (Å²) in [5, 5.41) is 18.3. The number of rotatable bonds is 2. The molecule has 1 aromatic carbocycles. The van der Waals surface area contributed by atoms with E-state index in [9.17, 15) is 5.11 Å². The Morgan fingerprint density at radius 3 is 2.61 bits per heavy atom. The number of aliphatic hydroxyl groups is 1. The smallest absolute Gasteiger partial charge is 0.471 e. The van der Waals surface area contributed by atoms with Crippen molar-refractivity contribution in [3.05, 3.63) is 34.7 Å². The van der Waals surface area contributed by atoms with E-state index in [1.807, 2.05) is 0 Å². The maximum atomic E-state index is 9.45. The Labute approximate surface area is 104 Å². The monoisotopic (exact) mass is 249 g/mol. The molecule has 1 aliphatic heterocycles. The molecule has 1 aliphatic rings. The number of diazo groups is 1. The third-order valence-electron chi connectivity index (χ3n) is 2.42. The number of nitrogens with zero attached hydrogens (tertiary/aromatic N) is 2. The molecule has 6 heteroatoms. The quantitative estimate of drug-likeness (QED) is 0.644. The zero-order chi connectivity index (χ0) is 13.3. The summed E-state index contributed by atoms with van der Waals surface area (Å²) in [5.41, 5.74) is 0.380. The second kappa shape index (κ2) is 4.11. The molecule has 0 saturated carbocycles. The summed E-state index contributed by atoms with van der Waals surface area (Å²) < 4.78 is 15.7. The highest BCUT2D eigenvalue weighted by atomic mass is 16.7. The summed E-state index contributed by atoms with van der Waals surface area (Å²) in [5.74, 6) is -0.0964. The molecule has 0 aliphatic carbocycles. The first kappa shape index (κ1) is 12.0. The molecule has 0 fully saturated rings. The van der Waals surface area contributed by atoms with Gasteiger partial charge in [-0.15, -0.1) is 0 Å². The van der Waals surface area contributed by atoms with Crippen LogP contribution in [0.3, 0.4) is 0 Å². The number of fused-ring (bicyclic) bond motifs is 1. The van der Waals surface area contributed by atoms with E-state index in [4.69, 9.17) is 14.9 Å². The third-order valence-corrected chi connectivity index (χ3v) is 2.42. The summed E-state index contributed by atoms with van der Waals surface area (Å²) in [7, 11) is 1.27. The Bertz CT molecular complexity index is 558. The van der Waals surface area contributed by atoms with Gasteiger partial charge in [-0.1, -0.05) is 0 Å². The summed E-state index contributed by atoms with van der Waals surface area (Å²) in [4.78, 5) is 3.00. The van der Waals surface area contributed by atoms with Gasteiger partial charge in [0, 0.05) is 13.8 Å². The van der Waals surface area contributed by atoms with E-state index < -0.39 is 11.7 Å². The molecule has 0 bridgehead atoms. The van der Waals surface area contributed by atoms with Gasteiger partial charge in [-0.2, -0.15) is 0 Å². The van der Waals surface area contributed by atoms with Crippen LogP contribution in [0, 0.1) is 5.39 Å². The predicted molar refractivity (Wildman–Crippen MR) is 63.4 cm³/mol. The van der Waals surface area contributed by atoms with E-state index in [0.29, 0.717) is 17.1 Å². The van der Waals surface area contributed by atoms with Gasteiger partial charge in [0.15, 0.2) is 16.5 Å². The molecule has 94 valence electrons. The highest BCUT2D eigenvalue weighted by Gasteiger charge is 2.33. The van der Waals surface area contributed by atoms with Crippen LogP contribution in [0.4, 0.5) is 0 Å². The van der Waals surface area contributed by atoms with E-state index in [0.717, 1.165) is 0 Å². The lowest BCUT2D eigenvalue weighted by atomic mass is 10.1. The van der Waals surface area contributed by atoms with Crippen molar-refractivity contribution in [1.82, 2.24) is 0 Å². The van der Waals surface area contributed by atoms with Crippen LogP contribution in [-0.4, -0.2) is 18.0 Å². The van der Waals surface area contributed by atoms with Crippen molar-refractivity contribution in [1.29, 1.82) is 5.39 Å². The Morgan fingerprint density at radius 2 is 2.00 bits per heavy atom.